The summed E-state index contributed by atoms with van der Waals surface area (Å²) in [6, 6.07) is 13.3. The molecule has 0 saturated heterocycles. The van der Waals surface area contributed by atoms with Crippen LogP contribution in [0.5, 0.6) is 5.75 Å². The third kappa shape index (κ3) is 3.60. The minimum absolute atomic E-state index is 0.233. The normalized spacial score (nSPS) is 9.81. The number of esters is 1. The first-order chi connectivity index (χ1) is 10.1. The quantitative estimate of drug-likeness (QED) is 0.877. The zero-order chi connectivity index (χ0) is 15.2. The smallest absolute Gasteiger partial charge is 0.337 e. The van der Waals surface area contributed by atoms with Gasteiger partial charge in [-0.15, -0.1) is 0 Å². The Morgan fingerprint density at radius 2 is 1.43 bits per heavy atom. The minimum atomic E-state index is -0.414. The maximum Gasteiger partial charge on any atom is 0.337 e. The number of carbonyl (C=O) groups is 2. The van der Waals surface area contributed by atoms with Crippen LogP contribution in [-0.2, 0) is 4.74 Å². The van der Waals surface area contributed by atoms with Crippen LogP contribution in [0.4, 0.5) is 5.69 Å². The van der Waals surface area contributed by atoms with Crippen molar-refractivity contribution in [3.05, 3.63) is 59.7 Å². The number of benzene rings is 2. The number of rotatable bonds is 4. The number of ether oxygens (including phenoxy) is 2. The van der Waals surface area contributed by atoms with Gasteiger partial charge in [-0.3, -0.25) is 4.79 Å². The summed E-state index contributed by atoms with van der Waals surface area (Å²) >= 11 is 0. The largest absolute Gasteiger partial charge is 0.497 e. The van der Waals surface area contributed by atoms with Gasteiger partial charge in [0.15, 0.2) is 0 Å². The van der Waals surface area contributed by atoms with Crippen molar-refractivity contribution in [3.63, 3.8) is 0 Å². The highest BCUT2D eigenvalue weighted by molar-refractivity contribution is 6.04. The van der Waals surface area contributed by atoms with E-state index in [0.29, 0.717) is 22.6 Å². The second-order valence-electron chi connectivity index (χ2n) is 4.25. The molecule has 0 aliphatic heterocycles. The summed E-state index contributed by atoms with van der Waals surface area (Å²) in [5.41, 5.74) is 1.55. The van der Waals surface area contributed by atoms with Gasteiger partial charge in [-0.05, 0) is 48.5 Å². The van der Waals surface area contributed by atoms with Crippen LogP contribution in [0.3, 0.4) is 0 Å². The molecule has 0 spiro atoms. The van der Waals surface area contributed by atoms with Crippen LogP contribution in [0.1, 0.15) is 20.7 Å². The first-order valence-corrected chi connectivity index (χ1v) is 6.28. The van der Waals surface area contributed by atoms with Gasteiger partial charge in [-0.1, -0.05) is 0 Å². The lowest BCUT2D eigenvalue weighted by atomic mass is 10.2. The van der Waals surface area contributed by atoms with Crippen molar-refractivity contribution in [2.24, 2.45) is 0 Å². The van der Waals surface area contributed by atoms with Gasteiger partial charge in [0.25, 0.3) is 5.91 Å². The number of carbonyl (C=O) groups excluding carboxylic acids is 2. The molecule has 5 heteroatoms. The molecule has 108 valence electrons. The van der Waals surface area contributed by atoms with Crippen molar-refractivity contribution in [1.29, 1.82) is 0 Å². The summed E-state index contributed by atoms with van der Waals surface area (Å²) in [6.07, 6.45) is 0. The highest BCUT2D eigenvalue weighted by Crippen LogP contribution is 2.14. The second kappa shape index (κ2) is 6.56. The van der Waals surface area contributed by atoms with Crippen LogP contribution >= 0.6 is 0 Å². The standard InChI is InChI=1S/C16H15NO4/c1-20-14-9-5-11(6-10-14)15(18)17-13-7-3-12(4-8-13)16(19)21-2/h3-10H,1-2H3,(H,17,18). The summed E-state index contributed by atoms with van der Waals surface area (Å²) in [5.74, 6) is 0.0421. The Balaban J connectivity index is 2.06. The van der Waals surface area contributed by atoms with E-state index < -0.39 is 5.97 Å². The molecule has 1 amide bonds. The molecular formula is C16H15NO4. The predicted octanol–water partition coefficient (Wildman–Crippen LogP) is 2.73. The van der Waals surface area contributed by atoms with Gasteiger partial charge in [0.05, 0.1) is 19.8 Å². The van der Waals surface area contributed by atoms with Gasteiger partial charge < -0.3 is 14.8 Å². The molecule has 1 N–H and O–H groups in total. The van der Waals surface area contributed by atoms with E-state index in [1.807, 2.05) is 0 Å². The van der Waals surface area contributed by atoms with E-state index in [-0.39, 0.29) is 5.91 Å². The zero-order valence-electron chi connectivity index (χ0n) is 11.8. The Morgan fingerprint density at radius 1 is 0.857 bits per heavy atom. The van der Waals surface area contributed by atoms with Gasteiger partial charge in [0.2, 0.25) is 0 Å². The number of methoxy groups -OCH3 is 2. The van der Waals surface area contributed by atoms with E-state index >= 15 is 0 Å². The maximum absolute atomic E-state index is 12.0. The molecule has 0 radical (unpaired) electrons. The number of hydrogen-bond donors (Lipinski definition) is 1. The summed E-state index contributed by atoms with van der Waals surface area (Å²) in [4.78, 5) is 23.4. The Labute approximate surface area is 122 Å². The number of amides is 1. The molecule has 0 unspecified atom stereocenters. The molecule has 2 aromatic rings. The van der Waals surface area contributed by atoms with Crippen LogP contribution in [0, 0.1) is 0 Å². The predicted molar refractivity (Wildman–Crippen MR) is 78.7 cm³/mol. The van der Waals surface area contributed by atoms with Crippen molar-refractivity contribution >= 4 is 17.6 Å². The van der Waals surface area contributed by atoms with Gasteiger partial charge in [0, 0.05) is 11.3 Å². The summed E-state index contributed by atoms with van der Waals surface area (Å²) in [5, 5.41) is 2.75. The van der Waals surface area contributed by atoms with E-state index in [2.05, 4.69) is 10.1 Å². The molecule has 21 heavy (non-hydrogen) atoms. The Hall–Kier alpha value is -2.82. The molecule has 0 aliphatic carbocycles. The van der Waals surface area contributed by atoms with Gasteiger partial charge in [-0.25, -0.2) is 4.79 Å². The average Bonchev–Trinajstić information content (AvgIpc) is 2.55. The van der Waals surface area contributed by atoms with Gasteiger partial charge >= 0.3 is 5.97 Å². The van der Waals surface area contributed by atoms with E-state index in [9.17, 15) is 9.59 Å². The van der Waals surface area contributed by atoms with E-state index in [1.165, 1.54) is 7.11 Å². The SMILES string of the molecule is COC(=O)c1ccc(NC(=O)c2ccc(OC)cc2)cc1. The Bertz CT molecular complexity index is 632. The maximum atomic E-state index is 12.0. The van der Waals surface area contributed by atoms with Crippen molar-refractivity contribution in [1.82, 2.24) is 0 Å². The van der Waals surface area contributed by atoms with Gasteiger partial charge in [-0.2, -0.15) is 0 Å². The molecule has 2 rings (SSSR count). The highest BCUT2D eigenvalue weighted by Gasteiger charge is 2.08. The lowest BCUT2D eigenvalue weighted by Gasteiger charge is -2.07. The fourth-order valence-corrected chi connectivity index (χ4v) is 1.75. The van der Waals surface area contributed by atoms with Crippen LogP contribution < -0.4 is 10.1 Å². The topological polar surface area (TPSA) is 64.6 Å². The molecule has 0 bridgehead atoms. The monoisotopic (exact) mass is 285 g/mol. The number of hydrogen-bond acceptors (Lipinski definition) is 4. The van der Waals surface area contributed by atoms with E-state index in [4.69, 9.17) is 4.74 Å². The van der Waals surface area contributed by atoms with E-state index in [0.717, 1.165) is 0 Å². The number of nitrogens with one attached hydrogen (secondary N) is 1. The second-order valence-corrected chi connectivity index (χ2v) is 4.25. The summed E-state index contributed by atoms with van der Waals surface area (Å²) in [7, 11) is 2.89. The van der Waals surface area contributed by atoms with Crippen LogP contribution in [0.15, 0.2) is 48.5 Å². The molecular weight excluding hydrogens is 270 g/mol. The van der Waals surface area contributed by atoms with Crippen molar-refractivity contribution in [2.45, 2.75) is 0 Å². The number of anilines is 1. The molecule has 0 aromatic heterocycles. The lowest BCUT2D eigenvalue weighted by Crippen LogP contribution is -2.12. The van der Waals surface area contributed by atoms with Crippen molar-refractivity contribution in [3.8, 4) is 5.75 Å². The molecule has 0 heterocycles. The van der Waals surface area contributed by atoms with Crippen LogP contribution in [0.25, 0.3) is 0 Å². The summed E-state index contributed by atoms with van der Waals surface area (Å²) < 4.78 is 9.65. The molecule has 5 nitrogen and oxygen atoms in total. The highest BCUT2D eigenvalue weighted by atomic mass is 16.5. The zero-order valence-corrected chi connectivity index (χ0v) is 11.8. The first kappa shape index (κ1) is 14.6. The minimum Gasteiger partial charge on any atom is -0.497 e. The third-order valence-electron chi connectivity index (χ3n) is 2.92. The fraction of sp³-hybridized carbons (Fsp3) is 0.125. The van der Waals surface area contributed by atoms with Gasteiger partial charge in [0.1, 0.15) is 5.75 Å². The van der Waals surface area contributed by atoms with Crippen molar-refractivity contribution < 1.29 is 19.1 Å². The molecule has 2 aromatic carbocycles. The summed E-state index contributed by atoms with van der Waals surface area (Å²) in [6.45, 7) is 0. The average molecular weight is 285 g/mol. The first-order valence-electron chi connectivity index (χ1n) is 6.28. The third-order valence-corrected chi connectivity index (χ3v) is 2.92. The molecule has 0 fully saturated rings. The van der Waals surface area contributed by atoms with Crippen molar-refractivity contribution in [2.75, 3.05) is 19.5 Å². The van der Waals surface area contributed by atoms with Crippen LogP contribution in [0.2, 0.25) is 0 Å². The fourth-order valence-electron chi connectivity index (χ4n) is 1.75. The Morgan fingerprint density at radius 3 is 1.95 bits per heavy atom. The molecule has 0 saturated carbocycles. The lowest BCUT2D eigenvalue weighted by molar-refractivity contribution is 0.0600. The molecule has 0 aliphatic rings. The van der Waals surface area contributed by atoms with Crippen LogP contribution in [-0.4, -0.2) is 26.1 Å². The Kier molecular flexibility index (Phi) is 4.56. The molecule has 0 atom stereocenters. The van der Waals surface area contributed by atoms with E-state index in [1.54, 1.807) is 55.6 Å².